The van der Waals surface area contributed by atoms with Gasteiger partial charge in [0, 0.05) is 19.0 Å². The molecule has 0 spiro atoms. The van der Waals surface area contributed by atoms with Gasteiger partial charge in [-0.2, -0.15) is 13.7 Å². The van der Waals surface area contributed by atoms with Crippen LogP contribution in [0.4, 0.5) is 4.79 Å². The van der Waals surface area contributed by atoms with Crippen LogP contribution in [-0.2, 0) is 14.3 Å². The summed E-state index contributed by atoms with van der Waals surface area (Å²) in [5, 5.41) is 8.29. The second kappa shape index (κ2) is 8.86. The minimum absolute atomic E-state index is 0.295. The molecule has 2 aromatic carbocycles. The first-order valence-corrected chi connectivity index (χ1v) is 11.3. The molecule has 1 saturated heterocycles. The predicted octanol–water partition coefficient (Wildman–Crippen LogP) is 3.22. The van der Waals surface area contributed by atoms with E-state index in [0.29, 0.717) is 25.1 Å². The van der Waals surface area contributed by atoms with Crippen LogP contribution < -0.4 is 5.73 Å². The summed E-state index contributed by atoms with van der Waals surface area (Å²) in [7, 11) is -3.70. The minimum Gasteiger partial charge on any atom is -0.351 e. The molecule has 8 heteroatoms. The number of piperidine rings is 1. The maximum Gasteiger partial charge on any atom is 0.314 e. The molecule has 158 valence electrons. The molecule has 2 aromatic rings. The molecular weight excluding hydrogens is 402 g/mol. The fourth-order valence-corrected chi connectivity index (χ4v) is 4.31. The number of carbonyl (C=O) groups excluding carboxylic acids is 1. The fraction of sp³-hybridized carbons (Fsp3) is 0.364. The van der Waals surface area contributed by atoms with Gasteiger partial charge in [-0.3, -0.25) is 4.18 Å². The second-order valence-electron chi connectivity index (χ2n) is 7.67. The molecule has 0 saturated carbocycles. The highest BCUT2D eigenvalue weighted by Gasteiger charge is 2.36. The van der Waals surface area contributed by atoms with Gasteiger partial charge in [0.05, 0.1) is 23.0 Å². The number of nitriles is 1. The molecule has 30 heavy (non-hydrogen) atoms. The Morgan fingerprint density at radius 1 is 1.13 bits per heavy atom. The van der Waals surface area contributed by atoms with Crippen molar-refractivity contribution in [3.05, 3.63) is 59.7 Å². The number of hydrogen-bond acceptors (Lipinski definition) is 5. The summed E-state index contributed by atoms with van der Waals surface area (Å²) >= 11 is 0. The number of primary amides is 1. The first-order chi connectivity index (χ1) is 14.2. The number of carbonyl (C=O) groups is 1. The molecule has 2 atom stereocenters. The molecule has 3 rings (SSSR count). The summed E-state index contributed by atoms with van der Waals surface area (Å²) in [6.07, 6.45) is -0.175. The summed E-state index contributed by atoms with van der Waals surface area (Å²) < 4.78 is 30.2. The van der Waals surface area contributed by atoms with Crippen LogP contribution in [0.2, 0.25) is 0 Å². The Labute approximate surface area is 177 Å². The highest BCUT2D eigenvalue weighted by molar-refractivity contribution is 7.87. The number of rotatable bonds is 5. The molecule has 2 amide bonds. The van der Waals surface area contributed by atoms with Crippen LogP contribution in [-0.4, -0.2) is 43.8 Å². The number of likely N-dealkylation sites (tertiary alicyclic amines) is 1. The predicted molar refractivity (Wildman–Crippen MR) is 114 cm³/mol. The summed E-state index contributed by atoms with van der Waals surface area (Å²) in [4.78, 5) is 13.2. The van der Waals surface area contributed by atoms with E-state index in [4.69, 9.17) is 15.2 Å². The third-order valence-electron chi connectivity index (χ3n) is 5.38. The molecule has 0 aromatic heterocycles. The Morgan fingerprint density at radius 2 is 1.70 bits per heavy atom. The largest absolute Gasteiger partial charge is 0.351 e. The molecule has 1 heterocycles. The van der Waals surface area contributed by atoms with Crippen LogP contribution in [0, 0.1) is 11.3 Å². The zero-order chi connectivity index (χ0) is 21.9. The summed E-state index contributed by atoms with van der Waals surface area (Å²) in [5.41, 5.74) is 8.87. The zero-order valence-electron chi connectivity index (χ0n) is 17.0. The van der Waals surface area contributed by atoms with E-state index in [1.54, 1.807) is 26.0 Å². The van der Waals surface area contributed by atoms with Crippen molar-refractivity contribution >= 4 is 16.1 Å². The lowest BCUT2D eigenvalue weighted by atomic mass is 9.87. The van der Waals surface area contributed by atoms with Crippen LogP contribution in [0.5, 0.6) is 0 Å². The number of amides is 2. The van der Waals surface area contributed by atoms with E-state index in [1.165, 1.54) is 4.90 Å². The van der Waals surface area contributed by atoms with Crippen LogP contribution in [0.25, 0.3) is 11.1 Å². The molecule has 0 bridgehead atoms. The topological polar surface area (TPSA) is 113 Å². The van der Waals surface area contributed by atoms with E-state index in [2.05, 4.69) is 6.07 Å². The lowest BCUT2D eigenvalue weighted by Crippen LogP contribution is -2.48. The van der Waals surface area contributed by atoms with Crippen LogP contribution >= 0.6 is 0 Å². The van der Waals surface area contributed by atoms with E-state index in [-0.39, 0.29) is 5.92 Å². The van der Waals surface area contributed by atoms with Crippen molar-refractivity contribution in [1.29, 1.82) is 5.26 Å². The smallest absolute Gasteiger partial charge is 0.314 e. The highest BCUT2D eigenvalue weighted by Crippen LogP contribution is 2.32. The number of nitrogens with zero attached hydrogens (tertiary/aromatic N) is 2. The summed E-state index contributed by atoms with van der Waals surface area (Å²) in [6, 6.07) is 16.6. The third-order valence-corrected chi connectivity index (χ3v) is 7.05. The average Bonchev–Trinajstić information content (AvgIpc) is 2.74. The standard InChI is InChI=1S/C22H25N3O4S/c1-15(2)30(27,28)29-21-11-12-25(22(24)26)14-20(21)19-9-7-18(8-10-19)17-5-3-16(13-23)4-6-17/h3-10,15,20-21H,11-12,14H2,1-2H3,(H2,24,26). The van der Waals surface area contributed by atoms with Gasteiger partial charge in [-0.1, -0.05) is 36.4 Å². The van der Waals surface area contributed by atoms with E-state index in [9.17, 15) is 13.2 Å². The van der Waals surface area contributed by atoms with E-state index >= 15 is 0 Å². The molecule has 0 aliphatic carbocycles. The normalized spacial score (nSPS) is 19.5. The third kappa shape index (κ3) is 4.81. The fourth-order valence-electron chi connectivity index (χ4n) is 3.51. The second-order valence-corrected chi connectivity index (χ2v) is 9.79. The molecule has 1 aliphatic rings. The zero-order valence-corrected chi connectivity index (χ0v) is 17.8. The Hall–Kier alpha value is -2.89. The Morgan fingerprint density at radius 3 is 2.20 bits per heavy atom. The van der Waals surface area contributed by atoms with Gasteiger partial charge in [-0.05, 0) is 49.1 Å². The molecule has 1 fully saturated rings. The van der Waals surface area contributed by atoms with E-state index in [1.807, 2.05) is 36.4 Å². The molecule has 0 radical (unpaired) electrons. The van der Waals surface area contributed by atoms with Gasteiger partial charge < -0.3 is 10.6 Å². The maximum absolute atomic E-state index is 12.3. The quantitative estimate of drug-likeness (QED) is 0.736. The van der Waals surface area contributed by atoms with Gasteiger partial charge in [0.1, 0.15) is 0 Å². The lowest BCUT2D eigenvalue weighted by Gasteiger charge is -2.37. The van der Waals surface area contributed by atoms with Crippen LogP contribution in [0.15, 0.2) is 48.5 Å². The summed E-state index contributed by atoms with van der Waals surface area (Å²) in [6.45, 7) is 3.81. The number of hydrogen-bond donors (Lipinski definition) is 1. The Kier molecular flexibility index (Phi) is 6.44. The Balaban J connectivity index is 1.87. The molecular formula is C22H25N3O4S. The average molecular weight is 428 g/mol. The molecule has 2 unspecified atom stereocenters. The molecule has 1 aliphatic heterocycles. The van der Waals surface area contributed by atoms with Crippen LogP contribution in [0.3, 0.4) is 0 Å². The van der Waals surface area contributed by atoms with Crippen molar-refractivity contribution in [3.8, 4) is 17.2 Å². The highest BCUT2D eigenvalue weighted by atomic mass is 32.2. The van der Waals surface area contributed by atoms with E-state index < -0.39 is 27.5 Å². The van der Waals surface area contributed by atoms with Gasteiger partial charge in [0.15, 0.2) is 0 Å². The monoisotopic (exact) mass is 427 g/mol. The molecule has 7 nitrogen and oxygen atoms in total. The Bertz CT molecular complexity index is 1040. The maximum atomic E-state index is 12.3. The molecule has 2 N–H and O–H groups in total. The van der Waals surface area contributed by atoms with Gasteiger partial charge >= 0.3 is 6.03 Å². The van der Waals surface area contributed by atoms with Crippen molar-refractivity contribution in [2.24, 2.45) is 5.73 Å². The van der Waals surface area contributed by atoms with E-state index in [0.717, 1.165) is 16.7 Å². The van der Waals surface area contributed by atoms with Gasteiger partial charge in [0.2, 0.25) is 0 Å². The SMILES string of the molecule is CC(C)S(=O)(=O)OC1CCN(C(N)=O)CC1c1ccc(-c2ccc(C#N)cc2)cc1. The van der Waals surface area contributed by atoms with Gasteiger partial charge in [-0.25, -0.2) is 4.79 Å². The number of nitrogens with two attached hydrogens (primary N) is 1. The van der Waals surface area contributed by atoms with Gasteiger partial charge in [0.25, 0.3) is 10.1 Å². The lowest BCUT2D eigenvalue weighted by molar-refractivity contribution is 0.0966. The number of benzene rings is 2. The van der Waals surface area contributed by atoms with Crippen molar-refractivity contribution in [2.45, 2.75) is 37.5 Å². The van der Waals surface area contributed by atoms with Crippen LogP contribution in [0.1, 0.15) is 37.3 Å². The number of urea groups is 1. The first-order valence-electron chi connectivity index (χ1n) is 9.78. The first kappa shape index (κ1) is 21.8. The summed E-state index contributed by atoms with van der Waals surface area (Å²) in [5.74, 6) is -0.310. The van der Waals surface area contributed by atoms with Crippen molar-refractivity contribution in [1.82, 2.24) is 4.90 Å². The van der Waals surface area contributed by atoms with Crippen molar-refractivity contribution < 1.29 is 17.4 Å². The van der Waals surface area contributed by atoms with Crippen molar-refractivity contribution in [2.75, 3.05) is 13.1 Å². The van der Waals surface area contributed by atoms with Crippen molar-refractivity contribution in [3.63, 3.8) is 0 Å². The van der Waals surface area contributed by atoms with Gasteiger partial charge in [-0.15, -0.1) is 0 Å². The minimum atomic E-state index is -3.70.